The van der Waals surface area contributed by atoms with Crippen molar-refractivity contribution in [2.24, 2.45) is 0 Å². The molecule has 2 heteroatoms. The minimum absolute atomic E-state index is 0.113. The van der Waals surface area contributed by atoms with E-state index in [1.54, 1.807) is 0 Å². The Hall–Kier alpha value is -0.0800. The van der Waals surface area contributed by atoms with Crippen LogP contribution in [0.3, 0.4) is 0 Å². The van der Waals surface area contributed by atoms with Crippen molar-refractivity contribution in [3.8, 4) is 0 Å². The van der Waals surface area contributed by atoms with E-state index in [0.29, 0.717) is 12.1 Å². The minimum Gasteiger partial charge on any atom is -0.375 e. The predicted octanol–water partition coefficient (Wildman–Crippen LogP) is 3.11. The van der Waals surface area contributed by atoms with Crippen molar-refractivity contribution >= 4 is 0 Å². The Bertz CT molecular complexity index is 183. The molecule has 1 heterocycles. The van der Waals surface area contributed by atoms with Crippen LogP contribution < -0.4 is 5.32 Å². The van der Waals surface area contributed by atoms with Gasteiger partial charge in [-0.2, -0.15) is 0 Å². The van der Waals surface area contributed by atoms with Gasteiger partial charge in [0, 0.05) is 18.7 Å². The lowest BCUT2D eigenvalue weighted by Gasteiger charge is -2.39. The average molecular weight is 213 g/mol. The molecule has 1 rings (SSSR count). The molecule has 0 aromatic carbocycles. The van der Waals surface area contributed by atoms with E-state index in [4.69, 9.17) is 4.74 Å². The Morgan fingerprint density at radius 2 is 2.20 bits per heavy atom. The molecule has 0 amide bonds. The van der Waals surface area contributed by atoms with Crippen LogP contribution >= 0.6 is 0 Å². The monoisotopic (exact) mass is 213 g/mol. The third-order valence-corrected chi connectivity index (χ3v) is 3.58. The number of hydrogen-bond donors (Lipinski definition) is 1. The first kappa shape index (κ1) is 13.0. The van der Waals surface area contributed by atoms with Crippen molar-refractivity contribution in [1.29, 1.82) is 0 Å². The maximum absolute atomic E-state index is 5.85. The molecule has 3 atom stereocenters. The summed E-state index contributed by atoms with van der Waals surface area (Å²) in [5.41, 5.74) is 0.113. The zero-order valence-electron chi connectivity index (χ0n) is 10.8. The van der Waals surface area contributed by atoms with Crippen molar-refractivity contribution in [3.05, 3.63) is 0 Å². The highest BCUT2D eigenvalue weighted by Gasteiger charge is 2.31. The standard InChI is InChI=1S/C13H27NO/c1-5-7-11(3)14-12-8-9-15-13(4,6-2)10-12/h11-12,14H,5-10H2,1-4H3. The summed E-state index contributed by atoms with van der Waals surface area (Å²) in [5.74, 6) is 0. The quantitative estimate of drug-likeness (QED) is 0.757. The number of nitrogens with one attached hydrogen (secondary N) is 1. The maximum Gasteiger partial charge on any atom is 0.0666 e. The van der Waals surface area contributed by atoms with Gasteiger partial charge in [0.05, 0.1) is 5.60 Å². The third-order valence-electron chi connectivity index (χ3n) is 3.58. The Morgan fingerprint density at radius 3 is 2.80 bits per heavy atom. The smallest absolute Gasteiger partial charge is 0.0666 e. The van der Waals surface area contributed by atoms with Crippen molar-refractivity contribution in [1.82, 2.24) is 5.32 Å². The van der Waals surface area contributed by atoms with Gasteiger partial charge in [-0.05, 0) is 39.5 Å². The lowest BCUT2D eigenvalue weighted by atomic mass is 9.89. The molecule has 90 valence electrons. The van der Waals surface area contributed by atoms with E-state index in [9.17, 15) is 0 Å². The topological polar surface area (TPSA) is 21.3 Å². The van der Waals surface area contributed by atoms with Gasteiger partial charge in [-0.3, -0.25) is 0 Å². The zero-order chi connectivity index (χ0) is 11.3. The van der Waals surface area contributed by atoms with Crippen LogP contribution in [-0.2, 0) is 4.74 Å². The summed E-state index contributed by atoms with van der Waals surface area (Å²) in [6.07, 6.45) is 6.00. The second kappa shape index (κ2) is 5.86. The normalized spacial score (nSPS) is 34.0. The SMILES string of the molecule is CCCC(C)NC1CCOC(C)(CC)C1. The molecule has 0 spiro atoms. The molecule has 1 aliphatic rings. The van der Waals surface area contributed by atoms with Gasteiger partial charge in [0.25, 0.3) is 0 Å². The van der Waals surface area contributed by atoms with E-state index >= 15 is 0 Å². The number of ether oxygens (including phenoxy) is 1. The number of rotatable bonds is 5. The molecular formula is C13H27NO. The Balaban J connectivity index is 2.36. The summed E-state index contributed by atoms with van der Waals surface area (Å²) in [6, 6.07) is 1.31. The van der Waals surface area contributed by atoms with Crippen LogP contribution in [0.15, 0.2) is 0 Å². The fraction of sp³-hybridized carbons (Fsp3) is 1.00. The highest BCUT2D eigenvalue weighted by molar-refractivity contribution is 4.86. The van der Waals surface area contributed by atoms with Crippen LogP contribution in [0, 0.1) is 0 Å². The van der Waals surface area contributed by atoms with E-state index < -0.39 is 0 Å². The second-order valence-corrected chi connectivity index (χ2v) is 5.20. The molecule has 0 saturated carbocycles. The first-order valence-corrected chi connectivity index (χ1v) is 6.49. The highest BCUT2D eigenvalue weighted by Crippen LogP contribution is 2.27. The van der Waals surface area contributed by atoms with Crippen LogP contribution in [-0.4, -0.2) is 24.3 Å². The number of hydrogen-bond acceptors (Lipinski definition) is 2. The van der Waals surface area contributed by atoms with Gasteiger partial charge >= 0.3 is 0 Å². The highest BCUT2D eigenvalue weighted by atomic mass is 16.5. The first-order valence-electron chi connectivity index (χ1n) is 6.49. The Morgan fingerprint density at radius 1 is 1.47 bits per heavy atom. The Kier molecular flexibility index (Phi) is 5.07. The summed E-state index contributed by atoms with van der Waals surface area (Å²) < 4.78 is 5.85. The summed E-state index contributed by atoms with van der Waals surface area (Å²) in [7, 11) is 0. The summed E-state index contributed by atoms with van der Waals surface area (Å²) >= 11 is 0. The van der Waals surface area contributed by atoms with Crippen LogP contribution in [0.1, 0.15) is 59.8 Å². The summed E-state index contributed by atoms with van der Waals surface area (Å²) in [4.78, 5) is 0. The van der Waals surface area contributed by atoms with Crippen molar-refractivity contribution < 1.29 is 4.74 Å². The molecule has 0 radical (unpaired) electrons. The van der Waals surface area contributed by atoms with Crippen LogP contribution in [0.4, 0.5) is 0 Å². The van der Waals surface area contributed by atoms with Crippen molar-refractivity contribution in [3.63, 3.8) is 0 Å². The molecule has 1 N–H and O–H groups in total. The molecule has 1 fully saturated rings. The van der Waals surface area contributed by atoms with E-state index in [1.807, 2.05) is 0 Å². The van der Waals surface area contributed by atoms with Crippen molar-refractivity contribution in [2.75, 3.05) is 6.61 Å². The van der Waals surface area contributed by atoms with E-state index in [2.05, 4.69) is 33.0 Å². The van der Waals surface area contributed by atoms with Crippen molar-refractivity contribution in [2.45, 2.75) is 77.5 Å². The van der Waals surface area contributed by atoms with Gasteiger partial charge in [0.15, 0.2) is 0 Å². The second-order valence-electron chi connectivity index (χ2n) is 5.20. The molecule has 1 saturated heterocycles. The molecule has 0 aromatic heterocycles. The average Bonchev–Trinajstić information content (AvgIpc) is 2.18. The van der Waals surface area contributed by atoms with E-state index in [0.717, 1.165) is 19.4 Å². The minimum atomic E-state index is 0.113. The van der Waals surface area contributed by atoms with Crippen LogP contribution in [0.25, 0.3) is 0 Å². The lowest BCUT2D eigenvalue weighted by molar-refractivity contribution is -0.0789. The predicted molar refractivity (Wildman–Crippen MR) is 65.2 cm³/mol. The van der Waals surface area contributed by atoms with Gasteiger partial charge in [-0.15, -0.1) is 0 Å². The summed E-state index contributed by atoms with van der Waals surface area (Å²) in [6.45, 7) is 9.92. The largest absolute Gasteiger partial charge is 0.375 e. The fourth-order valence-electron chi connectivity index (χ4n) is 2.44. The van der Waals surface area contributed by atoms with E-state index in [-0.39, 0.29) is 5.60 Å². The molecule has 0 bridgehead atoms. The molecule has 1 aliphatic heterocycles. The first-order chi connectivity index (χ1) is 7.09. The Labute approximate surface area is 94.8 Å². The maximum atomic E-state index is 5.85. The third kappa shape index (κ3) is 4.12. The molecule has 2 nitrogen and oxygen atoms in total. The van der Waals surface area contributed by atoms with Gasteiger partial charge in [0.1, 0.15) is 0 Å². The molecule has 0 aliphatic carbocycles. The summed E-state index contributed by atoms with van der Waals surface area (Å²) in [5, 5.41) is 3.73. The molecule has 15 heavy (non-hydrogen) atoms. The van der Waals surface area contributed by atoms with Gasteiger partial charge in [0.2, 0.25) is 0 Å². The van der Waals surface area contributed by atoms with Gasteiger partial charge < -0.3 is 10.1 Å². The molecule has 0 aromatic rings. The van der Waals surface area contributed by atoms with Crippen LogP contribution in [0.5, 0.6) is 0 Å². The molecule has 3 unspecified atom stereocenters. The van der Waals surface area contributed by atoms with Crippen LogP contribution in [0.2, 0.25) is 0 Å². The lowest BCUT2D eigenvalue weighted by Crippen LogP contribution is -2.47. The van der Waals surface area contributed by atoms with Gasteiger partial charge in [-0.25, -0.2) is 0 Å². The van der Waals surface area contributed by atoms with Gasteiger partial charge in [-0.1, -0.05) is 20.3 Å². The zero-order valence-corrected chi connectivity index (χ0v) is 10.8. The fourth-order valence-corrected chi connectivity index (χ4v) is 2.44. The molecular weight excluding hydrogens is 186 g/mol. The van der Waals surface area contributed by atoms with E-state index in [1.165, 1.54) is 19.3 Å².